The van der Waals surface area contributed by atoms with Gasteiger partial charge in [-0.1, -0.05) is 11.2 Å². The number of benzene rings is 1. The normalized spacial score (nSPS) is 11.6. The van der Waals surface area contributed by atoms with Gasteiger partial charge in [0.25, 0.3) is 0 Å². The fourth-order valence-corrected chi connectivity index (χ4v) is 2.22. The Morgan fingerprint density at radius 2 is 2.05 bits per heavy atom. The molecule has 0 unspecified atom stereocenters. The number of amides is 1. The lowest BCUT2D eigenvalue weighted by Gasteiger charge is -2.15. The van der Waals surface area contributed by atoms with Gasteiger partial charge in [0.15, 0.2) is 5.84 Å². The third-order valence-electron chi connectivity index (χ3n) is 2.27. The van der Waals surface area contributed by atoms with E-state index >= 15 is 0 Å². The van der Waals surface area contributed by atoms with E-state index in [1.807, 2.05) is 0 Å². The standard InChI is InChI=1S/C10H14N4O6S/c1-19-7-5-3-4-6(9(11)12-16)8(7)13-21(17,18)14-10(15)20-2/h3-5,13,16H,1-2H3,(H2,11,12)(H,14,15). The predicted molar refractivity (Wildman–Crippen MR) is 73.6 cm³/mol. The number of nitrogens with two attached hydrogens (primary N) is 1. The summed E-state index contributed by atoms with van der Waals surface area (Å²) >= 11 is 0. The number of hydrogen-bond acceptors (Lipinski definition) is 7. The zero-order valence-electron chi connectivity index (χ0n) is 11.2. The first-order valence-electron chi connectivity index (χ1n) is 5.38. The smallest absolute Gasteiger partial charge is 0.422 e. The Hall–Kier alpha value is -2.69. The third kappa shape index (κ3) is 4.14. The van der Waals surface area contributed by atoms with Crippen LogP contribution in [-0.2, 0) is 14.9 Å². The first-order chi connectivity index (χ1) is 9.84. The van der Waals surface area contributed by atoms with Crippen molar-refractivity contribution in [3.63, 3.8) is 0 Å². The summed E-state index contributed by atoms with van der Waals surface area (Å²) in [6.07, 6.45) is -1.18. The monoisotopic (exact) mass is 318 g/mol. The van der Waals surface area contributed by atoms with Gasteiger partial charge >= 0.3 is 16.3 Å². The minimum atomic E-state index is -4.29. The molecule has 11 heteroatoms. The summed E-state index contributed by atoms with van der Waals surface area (Å²) in [6, 6.07) is 4.36. The van der Waals surface area contributed by atoms with Crippen LogP contribution >= 0.6 is 0 Å². The maximum absolute atomic E-state index is 11.8. The SMILES string of the molecule is COC(=O)NS(=O)(=O)Nc1c(OC)cccc1/C(N)=N/O. The number of rotatable bonds is 5. The van der Waals surface area contributed by atoms with E-state index in [2.05, 4.69) is 14.6 Å². The van der Waals surface area contributed by atoms with E-state index in [1.165, 1.54) is 25.3 Å². The highest BCUT2D eigenvalue weighted by Gasteiger charge is 2.20. The molecule has 0 spiro atoms. The van der Waals surface area contributed by atoms with Gasteiger partial charge in [0.05, 0.1) is 14.2 Å². The van der Waals surface area contributed by atoms with E-state index in [4.69, 9.17) is 15.7 Å². The summed E-state index contributed by atoms with van der Waals surface area (Å²) in [5.74, 6) is -0.237. The van der Waals surface area contributed by atoms with Crippen LogP contribution in [0.25, 0.3) is 0 Å². The van der Waals surface area contributed by atoms with Crippen molar-refractivity contribution in [1.82, 2.24) is 4.72 Å². The Labute approximate surface area is 120 Å². The number of oxime groups is 1. The van der Waals surface area contributed by atoms with E-state index < -0.39 is 16.3 Å². The Morgan fingerprint density at radius 3 is 2.57 bits per heavy atom. The molecule has 5 N–H and O–H groups in total. The molecule has 1 amide bonds. The molecule has 1 aromatic rings. The van der Waals surface area contributed by atoms with Crippen LogP contribution < -0.4 is 19.9 Å². The van der Waals surface area contributed by atoms with Crippen LogP contribution in [0.4, 0.5) is 10.5 Å². The van der Waals surface area contributed by atoms with Gasteiger partial charge in [-0.05, 0) is 12.1 Å². The molecule has 0 aliphatic heterocycles. The molecular formula is C10H14N4O6S. The minimum absolute atomic E-state index is 0.0621. The topological polar surface area (TPSA) is 152 Å². The largest absolute Gasteiger partial charge is 0.495 e. The molecule has 21 heavy (non-hydrogen) atoms. The van der Waals surface area contributed by atoms with Crippen LogP contribution in [0.1, 0.15) is 5.56 Å². The first kappa shape index (κ1) is 16.4. The average molecular weight is 318 g/mol. The molecule has 0 saturated heterocycles. The van der Waals surface area contributed by atoms with Crippen LogP contribution in [0.15, 0.2) is 23.4 Å². The van der Waals surface area contributed by atoms with Crippen LogP contribution in [-0.4, -0.2) is 39.8 Å². The first-order valence-corrected chi connectivity index (χ1v) is 6.86. The summed E-state index contributed by atoms with van der Waals surface area (Å²) in [5, 5.41) is 11.5. The number of nitrogens with zero attached hydrogens (tertiary/aromatic N) is 1. The molecule has 116 valence electrons. The molecule has 0 atom stereocenters. The third-order valence-corrected chi connectivity index (χ3v) is 3.18. The number of hydrogen-bond donors (Lipinski definition) is 4. The molecule has 0 bridgehead atoms. The molecule has 0 radical (unpaired) electrons. The fourth-order valence-electron chi connectivity index (χ4n) is 1.39. The predicted octanol–water partition coefficient (Wildman–Crippen LogP) is -0.198. The van der Waals surface area contributed by atoms with E-state index in [-0.39, 0.29) is 22.8 Å². The number of anilines is 1. The number of carbonyl (C=O) groups is 1. The summed E-state index contributed by atoms with van der Waals surface area (Å²) in [5.41, 5.74) is 5.42. The molecule has 0 aliphatic rings. The highest BCUT2D eigenvalue weighted by Crippen LogP contribution is 2.29. The summed E-state index contributed by atoms with van der Waals surface area (Å²) < 4.78 is 36.4. The maximum Gasteiger partial charge on any atom is 0.422 e. The lowest BCUT2D eigenvalue weighted by Crippen LogP contribution is -2.35. The van der Waals surface area contributed by atoms with Crippen LogP contribution in [0.2, 0.25) is 0 Å². The number of carbonyl (C=O) groups excluding carboxylic acids is 1. The van der Waals surface area contributed by atoms with Crippen molar-refractivity contribution < 1.29 is 27.9 Å². The van der Waals surface area contributed by atoms with Gasteiger partial charge in [0, 0.05) is 5.56 Å². The van der Waals surface area contributed by atoms with Gasteiger partial charge in [-0.3, -0.25) is 4.72 Å². The van der Waals surface area contributed by atoms with Crippen molar-refractivity contribution in [2.45, 2.75) is 0 Å². The van der Waals surface area contributed by atoms with Crippen LogP contribution in [0.5, 0.6) is 5.75 Å². The van der Waals surface area contributed by atoms with Gasteiger partial charge in [-0.15, -0.1) is 0 Å². The van der Waals surface area contributed by atoms with E-state index in [0.717, 1.165) is 7.11 Å². The van der Waals surface area contributed by atoms with Crippen molar-refractivity contribution in [1.29, 1.82) is 0 Å². The Bertz CT molecular complexity index is 658. The Morgan fingerprint density at radius 1 is 1.38 bits per heavy atom. The molecule has 1 aromatic carbocycles. The van der Waals surface area contributed by atoms with Crippen molar-refractivity contribution in [3.8, 4) is 5.75 Å². The van der Waals surface area contributed by atoms with Crippen molar-refractivity contribution in [2.75, 3.05) is 18.9 Å². The van der Waals surface area contributed by atoms with Crippen LogP contribution in [0, 0.1) is 0 Å². The number of amidine groups is 1. The van der Waals surface area contributed by atoms with Gasteiger partial charge in [0.1, 0.15) is 11.4 Å². The van der Waals surface area contributed by atoms with Crippen LogP contribution in [0.3, 0.4) is 0 Å². The molecule has 0 fully saturated rings. The fraction of sp³-hybridized carbons (Fsp3) is 0.200. The highest BCUT2D eigenvalue weighted by molar-refractivity contribution is 7.91. The number of nitrogens with one attached hydrogen (secondary N) is 2. The molecule has 0 aromatic heterocycles. The number of ether oxygens (including phenoxy) is 2. The molecule has 0 aliphatic carbocycles. The van der Waals surface area contributed by atoms with E-state index in [1.54, 1.807) is 4.72 Å². The lowest BCUT2D eigenvalue weighted by atomic mass is 10.1. The Kier molecular flexibility index (Phi) is 5.18. The van der Waals surface area contributed by atoms with Crippen molar-refractivity contribution in [2.24, 2.45) is 10.9 Å². The Balaban J connectivity index is 3.26. The zero-order valence-corrected chi connectivity index (χ0v) is 12.0. The van der Waals surface area contributed by atoms with E-state index in [9.17, 15) is 13.2 Å². The summed E-state index contributed by atoms with van der Waals surface area (Å²) in [6.45, 7) is 0. The second-order valence-electron chi connectivity index (χ2n) is 3.57. The molecule has 0 saturated carbocycles. The summed E-state index contributed by atoms with van der Waals surface area (Å²) in [4.78, 5) is 11.0. The maximum atomic E-state index is 11.8. The van der Waals surface area contributed by atoms with E-state index in [0.29, 0.717) is 0 Å². The average Bonchev–Trinajstić information content (AvgIpc) is 2.45. The van der Waals surface area contributed by atoms with Gasteiger partial charge in [-0.2, -0.15) is 8.42 Å². The number of methoxy groups -OCH3 is 2. The summed E-state index contributed by atoms with van der Waals surface area (Å²) in [7, 11) is -1.98. The molecule has 10 nitrogen and oxygen atoms in total. The minimum Gasteiger partial charge on any atom is -0.495 e. The van der Waals surface area contributed by atoms with Gasteiger partial charge in [-0.25, -0.2) is 9.52 Å². The van der Waals surface area contributed by atoms with Gasteiger partial charge in [0.2, 0.25) is 0 Å². The molecule has 0 heterocycles. The van der Waals surface area contributed by atoms with Crippen molar-refractivity contribution >= 4 is 27.8 Å². The highest BCUT2D eigenvalue weighted by atomic mass is 32.2. The zero-order chi connectivity index (χ0) is 16.0. The molecule has 1 rings (SSSR count). The van der Waals surface area contributed by atoms with Gasteiger partial charge < -0.3 is 20.4 Å². The lowest BCUT2D eigenvalue weighted by molar-refractivity contribution is 0.177. The quantitative estimate of drug-likeness (QED) is 0.254. The number of para-hydroxylation sites is 1. The second kappa shape index (κ2) is 6.65. The molecular weight excluding hydrogens is 304 g/mol. The van der Waals surface area contributed by atoms with Crippen molar-refractivity contribution in [3.05, 3.63) is 23.8 Å². The second-order valence-corrected chi connectivity index (χ2v) is 4.98.